The van der Waals surface area contributed by atoms with Gasteiger partial charge in [-0.25, -0.2) is 0 Å². The molecule has 0 aromatic carbocycles. The van der Waals surface area contributed by atoms with Crippen LogP contribution in [0.5, 0.6) is 0 Å². The Morgan fingerprint density at radius 1 is 1.56 bits per heavy atom. The summed E-state index contributed by atoms with van der Waals surface area (Å²) in [5.41, 5.74) is 7.07. The van der Waals surface area contributed by atoms with Gasteiger partial charge in [-0.2, -0.15) is 0 Å². The number of nitrogens with zero attached hydrogens (tertiary/aromatic N) is 2. The molecule has 0 saturated carbocycles. The number of pyridine rings is 1. The largest absolute Gasteiger partial charge is 0.341 e. The van der Waals surface area contributed by atoms with Gasteiger partial charge in [0.15, 0.2) is 0 Å². The van der Waals surface area contributed by atoms with Crippen LogP contribution in [0.3, 0.4) is 0 Å². The fourth-order valence-corrected chi connectivity index (χ4v) is 2.56. The van der Waals surface area contributed by atoms with Crippen molar-refractivity contribution in [3.05, 3.63) is 30.1 Å². The van der Waals surface area contributed by atoms with Crippen molar-refractivity contribution in [2.75, 3.05) is 13.1 Å². The van der Waals surface area contributed by atoms with E-state index in [0.29, 0.717) is 18.9 Å². The molecule has 2 heterocycles. The van der Waals surface area contributed by atoms with Crippen LogP contribution in [0.2, 0.25) is 0 Å². The van der Waals surface area contributed by atoms with E-state index >= 15 is 0 Å². The van der Waals surface area contributed by atoms with Crippen LogP contribution in [-0.2, 0) is 11.2 Å². The first-order valence-corrected chi connectivity index (χ1v) is 6.57. The van der Waals surface area contributed by atoms with Crippen LogP contribution < -0.4 is 5.73 Å². The number of piperidine rings is 1. The van der Waals surface area contributed by atoms with E-state index in [2.05, 4.69) is 11.9 Å². The Morgan fingerprint density at radius 3 is 3.06 bits per heavy atom. The number of carbonyl (C=O) groups excluding carboxylic acids is 1. The van der Waals surface area contributed by atoms with E-state index < -0.39 is 0 Å². The average Bonchev–Trinajstić information content (AvgIpc) is 2.36. The van der Waals surface area contributed by atoms with E-state index in [4.69, 9.17) is 5.73 Å². The Bertz CT molecular complexity index is 383. The molecule has 1 aliphatic heterocycles. The molecule has 0 spiro atoms. The highest BCUT2D eigenvalue weighted by Crippen LogP contribution is 2.16. The van der Waals surface area contributed by atoms with Gasteiger partial charge in [-0.05, 0) is 30.4 Å². The molecule has 1 aliphatic rings. The SMILES string of the molecule is CC1CC(N)CN(C(=O)CCc2cccnc2)C1. The van der Waals surface area contributed by atoms with Crippen molar-refractivity contribution in [2.45, 2.75) is 32.2 Å². The van der Waals surface area contributed by atoms with Crippen LogP contribution in [0, 0.1) is 5.92 Å². The number of likely N-dealkylation sites (tertiary alicyclic amines) is 1. The number of amides is 1. The van der Waals surface area contributed by atoms with Crippen LogP contribution >= 0.6 is 0 Å². The van der Waals surface area contributed by atoms with Crippen LogP contribution in [-0.4, -0.2) is 34.9 Å². The maximum absolute atomic E-state index is 12.1. The maximum Gasteiger partial charge on any atom is 0.222 e. The van der Waals surface area contributed by atoms with E-state index in [-0.39, 0.29) is 11.9 Å². The maximum atomic E-state index is 12.1. The third-order valence-corrected chi connectivity index (χ3v) is 3.40. The minimum absolute atomic E-state index is 0.135. The molecule has 1 saturated heterocycles. The van der Waals surface area contributed by atoms with Gasteiger partial charge in [-0.15, -0.1) is 0 Å². The minimum atomic E-state index is 0.135. The molecule has 2 N–H and O–H groups in total. The second-order valence-electron chi connectivity index (χ2n) is 5.26. The molecule has 98 valence electrons. The lowest BCUT2D eigenvalue weighted by atomic mass is 9.96. The summed E-state index contributed by atoms with van der Waals surface area (Å²) in [6.45, 7) is 3.70. The molecule has 1 aromatic heterocycles. The van der Waals surface area contributed by atoms with Gasteiger partial charge in [0, 0.05) is 37.9 Å². The van der Waals surface area contributed by atoms with Crippen molar-refractivity contribution in [3.8, 4) is 0 Å². The third kappa shape index (κ3) is 3.53. The van der Waals surface area contributed by atoms with Crippen molar-refractivity contribution in [1.82, 2.24) is 9.88 Å². The topological polar surface area (TPSA) is 59.2 Å². The Morgan fingerprint density at radius 2 is 2.39 bits per heavy atom. The normalized spacial score (nSPS) is 24.0. The molecule has 2 atom stereocenters. The van der Waals surface area contributed by atoms with Crippen LogP contribution in [0.4, 0.5) is 0 Å². The highest BCUT2D eigenvalue weighted by molar-refractivity contribution is 5.76. The summed E-state index contributed by atoms with van der Waals surface area (Å²) in [5, 5.41) is 0. The first-order chi connectivity index (χ1) is 8.65. The van der Waals surface area contributed by atoms with Crippen molar-refractivity contribution in [1.29, 1.82) is 0 Å². The highest BCUT2D eigenvalue weighted by atomic mass is 16.2. The molecule has 2 rings (SSSR count). The van der Waals surface area contributed by atoms with E-state index in [1.807, 2.05) is 23.2 Å². The van der Waals surface area contributed by atoms with Crippen LogP contribution in [0.1, 0.15) is 25.3 Å². The standard InChI is InChI=1S/C14H21N3O/c1-11-7-13(15)10-17(9-11)14(18)5-4-12-3-2-6-16-8-12/h2-3,6,8,11,13H,4-5,7,9-10,15H2,1H3. The molecule has 0 bridgehead atoms. The van der Waals surface area contributed by atoms with Gasteiger partial charge >= 0.3 is 0 Å². The molecule has 4 nitrogen and oxygen atoms in total. The summed E-state index contributed by atoms with van der Waals surface area (Å²) >= 11 is 0. The average molecular weight is 247 g/mol. The number of carbonyl (C=O) groups is 1. The highest BCUT2D eigenvalue weighted by Gasteiger charge is 2.25. The van der Waals surface area contributed by atoms with Gasteiger partial charge in [0.25, 0.3) is 0 Å². The van der Waals surface area contributed by atoms with Crippen molar-refractivity contribution >= 4 is 5.91 Å². The zero-order valence-corrected chi connectivity index (χ0v) is 10.9. The molecule has 18 heavy (non-hydrogen) atoms. The third-order valence-electron chi connectivity index (χ3n) is 3.40. The van der Waals surface area contributed by atoms with Gasteiger partial charge in [0.2, 0.25) is 5.91 Å². The molecule has 4 heteroatoms. The summed E-state index contributed by atoms with van der Waals surface area (Å²) in [5.74, 6) is 0.719. The van der Waals surface area contributed by atoms with Gasteiger partial charge in [-0.1, -0.05) is 13.0 Å². The number of aromatic nitrogens is 1. The van der Waals surface area contributed by atoms with E-state index in [1.165, 1.54) is 0 Å². The molecule has 1 amide bonds. The summed E-state index contributed by atoms with van der Waals surface area (Å²) in [7, 11) is 0. The van der Waals surface area contributed by atoms with Crippen molar-refractivity contribution < 1.29 is 4.79 Å². The Balaban J connectivity index is 1.84. The van der Waals surface area contributed by atoms with E-state index in [1.54, 1.807) is 6.20 Å². The second kappa shape index (κ2) is 5.96. The van der Waals surface area contributed by atoms with Gasteiger partial charge in [0.05, 0.1) is 0 Å². The summed E-state index contributed by atoms with van der Waals surface area (Å²) < 4.78 is 0. The number of hydrogen-bond donors (Lipinski definition) is 1. The zero-order valence-electron chi connectivity index (χ0n) is 10.9. The number of nitrogens with two attached hydrogens (primary N) is 1. The molecular weight excluding hydrogens is 226 g/mol. The number of aryl methyl sites for hydroxylation is 1. The summed E-state index contributed by atoms with van der Waals surface area (Å²) in [4.78, 5) is 18.1. The van der Waals surface area contributed by atoms with Crippen molar-refractivity contribution in [2.24, 2.45) is 11.7 Å². The van der Waals surface area contributed by atoms with Crippen molar-refractivity contribution in [3.63, 3.8) is 0 Å². The van der Waals surface area contributed by atoms with Crippen LogP contribution in [0.15, 0.2) is 24.5 Å². The fourth-order valence-electron chi connectivity index (χ4n) is 2.56. The first kappa shape index (κ1) is 13.0. The lowest BCUT2D eigenvalue weighted by molar-refractivity contribution is -0.133. The van der Waals surface area contributed by atoms with Crippen LogP contribution in [0.25, 0.3) is 0 Å². The first-order valence-electron chi connectivity index (χ1n) is 6.57. The lowest BCUT2D eigenvalue weighted by Gasteiger charge is -2.34. The van der Waals surface area contributed by atoms with E-state index in [0.717, 1.165) is 24.9 Å². The smallest absolute Gasteiger partial charge is 0.222 e. The summed E-state index contributed by atoms with van der Waals surface area (Å²) in [6.07, 6.45) is 5.89. The molecule has 0 radical (unpaired) electrons. The van der Waals surface area contributed by atoms with Gasteiger partial charge in [0.1, 0.15) is 0 Å². The zero-order chi connectivity index (χ0) is 13.0. The fraction of sp³-hybridized carbons (Fsp3) is 0.571. The minimum Gasteiger partial charge on any atom is -0.341 e. The Labute approximate surface area is 108 Å². The second-order valence-corrected chi connectivity index (χ2v) is 5.26. The molecule has 0 aliphatic carbocycles. The van der Waals surface area contributed by atoms with Gasteiger partial charge in [-0.3, -0.25) is 9.78 Å². The quantitative estimate of drug-likeness (QED) is 0.873. The van der Waals surface area contributed by atoms with E-state index in [9.17, 15) is 4.79 Å². The molecular formula is C14H21N3O. The Kier molecular flexibility index (Phi) is 4.31. The molecule has 1 fully saturated rings. The predicted molar refractivity (Wildman–Crippen MR) is 70.9 cm³/mol. The Hall–Kier alpha value is -1.42. The predicted octanol–water partition coefficient (Wildman–Crippen LogP) is 1.21. The lowest BCUT2D eigenvalue weighted by Crippen LogP contribution is -2.48. The molecule has 1 aromatic rings. The number of hydrogen-bond acceptors (Lipinski definition) is 3. The molecule has 2 unspecified atom stereocenters. The monoisotopic (exact) mass is 247 g/mol. The van der Waals surface area contributed by atoms with Gasteiger partial charge < -0.3 is 10.6 Å². The number of rotatable bonds is 3. The summed E-state index contributed by atoms with van der Waals surface area (Å²) in [6, 6.07) is 4.04.